The molecule has 7 nitrogen and oxygen atoms in total. The van der Waals surface area contributed by atoms with Crippen LogP contribution in [0.1, 0.15) is 22.3 Å². The topological polar surface area (TPSA) is 95.6 Å². The Morgan fingerprint density at radius 3 is 2.18 bits per heavy atom. The maximum Gasteiger partial charge on any atom is 0.251 e. The van der Waals surface area contributed by atoms with Crippen molar-refractivity contribution in [2.45, 2.75) is 17.9 Å². The van der Waals surface area contributed by atoms with E-state index in [4.69, 9.17) is 11.6 Å². The molecule has 0 heterocycles. The van der Waals surface area contributed by atoms with Gasteiger partial charge in [-0.05, 0) is 54.1 Å². The number of nitrogens with zero attached hydrogens (tertiary/aromatic N) is 1. The summed E-state index contributed by atoms with van der Waals surface area (Å²) in [6.45, 7) is 0.410. The SMILES string of the molecule is CN(Cc1ccccc1)S(=O)(=O)c1ccc(NC(=O)CCNC(=O)c2ccc(Cl)cc2)cc1. The van der Waals surface area contributed by atoms with Crippen molar-refractivity contribution in [3.8, 4) is 0 Å². The molecule has 172 valence electrons. The van der Waals surface area contributed by atoms with Crippen LogP contribution in [0.2, 0.25) is 5.02 Å². The first-order valence-corrected chi connectivity index (χ1v) is 12.0. The van der Waals surface area contributed by atoms with E-state index in [0.29, 0.717) is 16.3 Å². The van der Waals surface area contributed by atoms with Crippen molar-refractivity contribution in [1.82, 2.24) is 9.62 Å². The first-order chi connectivity index (χ1) is 15.8. The summed E-state index contributed by atoms with van der Waals surface area (Å²) in [5.74, 6) is -0.600. The molecule has 0 saturated carbocycles. The minimum atomic E-state index is -3.67. The second kappa shape index (κ2) is 11.1. The lowest BCUT2D eigenvalue weighted by Crippen LogP contribution is -2.27. The Morgan fingerprint density at radius 1 is 0.909 bits per heavy atom. The van der Waals surface area contributed by atoms with Gasteiger partial charge < -0.3 is 10.6 Å². The van der Waals surface area contributed by atoms with Crippen molar-refractivity contribution in [3.63, 3.8) is 0 Å². The van der Waals surface area contributed by atoms with Crippen molar-refractivity contribution >= 4 is 39.1 Å². The van der Waals surface area contributed by atoms with Crippen molar-refractivity contribution in [3.05, 3.63) is 95.0 Å². The molecule has 0 aliphatic carbocycles. The second-order valence-corrected chi connectivity index (χ2v) is 9.81. The lowest BCUT2D eigenvalue weighted by molar-refractivity contribution is -0.116. The zero-order valence-electron chi connectivity index (χ0n) is 18.0. The fraction of sp³-hybridized carbons (Fsp3) is 0.167. The van der Waals surface area contributed by atoms with Gasteiger partial charge in [0.2, 0.25) is 15.9 Å². The van der Waals surface area contributed by atoms with E-state index in [1.54, 1.807) is 24.3 Å². The summed E-state index contributed by atoms with van der Waals surface area (Å²) >= 11 is 5.80. The summed E-state index contributed by atoms with van der Waals surface area (Å²) in [7, 11) is -2.15. The fourth-order valence-electron chi connectivity index (χ4n) is 3.03. The van der Waals surface area contributed by atoms with Gasteiger partial charge in [-0.15, -0.1) is 0 Å². The first-order valence-electron chi connectivity index (χ1n) is 10.2. The van der Waals surface area contributed by atoms with Crippen LogP contribution in [0.25, 0.3) is 0 Å². The van der Waals surface area contributed by atoms with E-state index in [0.717, 1.165) is 5.56 Å². The number of sulfonamides is 1. The van der Waals surface area contributed by atoms with E-state index in [2.05, 4.69) is 10.6 Å². The highest BCUT2D eigenvalue weighted by atomic mass is 35.5. The van der Waals surface area contributed by atoms with Gasteiger partial charge in [-0.3, -0.25) is 9.59 Å². The van der Waals surface area contributed by atoms with Crippen LogP contribution in [0, 0.1) is 0 Å². The molecule has 0 unspecified atom stereocenters. The first kappa shape index (κ1) is 24.4. The van der Waals surface area contributed by atoms with Crippen molar-refractivity contribution < 1.29 is 18.0 Å². The Hall–Kier alpha value is -3.20. The monoisotopic (exact) mass is 485 g/mol. The molecule has 0 bridgehead atoms. The Morgan fingerprint density at radius 2 is 1.55 bits per heavy atom. The van der Waals surface area contributed by atoms with Crippen LogP contribution in [0.5, 0.6) is 0 Å². The van der Waals surface area contributed by atoms with Crippen LogP contribution in [-0.4, -0.2) is 38.1 Å². The van der Waals surface area contributed by atoms with Crippen LogP contribution in [0.3, 0.4) is 0 Å². The minimum absolute atomic E-state index is 0.0686. The summed E-state index contributed by atoms with van der Waals surface area (Å²) in [5.41, 5.74) is 1.80. The standard InChI is InChI=1S/C24H24ClN3O4S/c1-28(17-18-5-3-2-4-6-18)33(31,32)22-13-11-21(12-14-22)27-23(29)15-16-26-24(30)19-7-9-20(25)10-8-19/h2-14H,15-17H2,1H3,(H,26,30)(H,27,29). The van der Waals surface area contributed by atoms with Crippen LogP contribution in [0.4, 0.5) is 5.69 Å². The summed E-state index contributed by atoms with van der Waals surface area (Å²) in [6.07, 6.45) is 0.0686. The van der Waals surface area contributed by atoms with Gasteiger partial charge in [0, 0.05) is 42.8 Å². The van der Waals surface area contributed by atoms with E-state index in [9.17, 15) is 18.0 Å². The molecule has 33 heavy (non-hydrogen) atoms. The van der Waals surface area contributed by atoms with Gasteiger partial charge in [-0.1, -0.05) is 41.9 Å². The summed E-state index contributed by atoms with van der Waals surface area (Å²) < 4.78 is 26.9. The van der Waals surface area contributed by atoms with E-state index in [1.807, 2.05) is 30.3 Å². The third kappa shape index (κ3) is 6.89. The Labute approximate surface area is 198 Å². The third-order valence-corrected chi connectivity index (χ3v) is 6.91. The van der Waals surface area contributed by atoms with E-state index < -0.39 is 10.0 Å². The van der Waals surface area contributed by atoms with Gasteiger partial charge in [-0.25, -0.2) is 8.42 Å². The largest absolute Gasteiger partial charge is 0.352 e. The Balaban J connectivity index is 1.50. The Kier molecular flexibility index (Phi) is 8.21. The van der Waals surface area contributed by atoms with E-state index >= 15 is 0 Å². The summed E-state index contributed by atoms with van der Waals surface area (Å²) in [5, 5.41) is 5.90. The number of carbonyl (C=O) groups is 2. The van der Waals surface area contributed by atoms with Crippen molar-refractivity contribution in [1.29, 1.82) is 0 Å². The quantitative estimate of drug-likeness (QED) is 0.480. The zero-order chi connectivity index (χ0) is 23.8. The molecular weight excluding hydrogens is 462 g/mol. The number of halogens is 1. The third-order valence-electron chi connectivity index (χ3n) is 4.84. The molecule has 0 saturated heterocycles. The van der Waals surface area contributed by atoms with E-state index in [1.165, 1.54) is 35.6 Å². The predicted octanol–water partition coefficient (Wildman–Crippen LogP) is 3.92. The van der Waals surface area contributed by atoms with Gasteiger partial charge in [0.1, 0.15) is 0 Å². The van der Waals surface area contributed by atoms with Crippen molar-refractivity contribution in [2.75, 3.05) is 18.9 Å². The number of anilines is 1. The molecule has 0 atom stereocenters. The van der Waals surface area contributed by atoms with Crippen molar-refractivity contribution in [2.24, 2.45) is 0 Å². The number of rotatable bonds is 9. The molecule has 0 aromatic heterocycles. The molecule has 0 fully saturated rings. The van der Waals surface area contributed by atoms with Gasteiger partial charge >= 0.3 is 0 Å². The maximum absolute atomic E-state index is 12.8. The highest BCUT2D eigenvalue weighted by molar-refractivity contribution is 7.89. The zero-order valence-corrected chi connectivity index (χ0v) is 19.6. The highest BCUT2D eigenvalue weighted by Gasteiger charge is 2.21. The molecule has 0 spiro atoms. The number of carbonyl (C=O) groups excluding carboxylic acids is 2. The van der Waals surface area contributed by atoms with E-state index in [-0.39, 0.29) is 36.2 Å². The molecule has 3 aromatic carbocycles. The number of amides is 2. The molecule has 2 N–H and O–H groups in total. The molecule has 0 radical (unpaired) electrons. The number of hydrogen-bond donors (Lipinski definition) is 2. The van der Waals surface area contributed by atoms with Crippen LogP contribution >= 0.6 is 11.6 Å². The van der Waals surface area contributed by atoms with Gasteiger partial charge in [0.15, 0.2) is 0 Å². The van der Waals surface area contributed by atoms with Gasteiger partial charge in [0.25, 0.3) is 5.91 Å². The van der Waals surface area contributed by atoms with Gasteiger partial charge in [-0.2, -0.15) is 4.31 Å². The predicted molar refractivity (Wildman–Crippen MR) is 129 cm³/mol. The van der Waals surface area contributed by atoms with Crippen LogP contribution in [0.15, 0.2) is 83.8 Å². The lowest BCUT2D eigenvalue weighted by atomic mass is 10.2. The molecule has 2 amide bonds. The van der Waals surface area contributed by atoms with Crippen LogP contribution < -0.4 is 10.6 Å². The average molecular weight is 486 g/mol. The van der Waals surface area contributed by atoms with Crippen LogP contribution in [-0.2, 0) is 21.4 Å². The molecule has 3 aromatic rings. The molecule has 0 aliphatic heterocycles. The maximum atomic E-state index is 12.8. The normalized spacial score (nSPS) is 11.2. The lowest BCUT2D eigenvalue weighted by Gasteiger charge is -2.17. The summed E-state index contributed by atoms with van der Waals surface area (Å²) in [4.78, 5) is 24.3. The molecular formula is C24H24ClN3O4S. The average Bonchev–Trinajstić information content (AvgIpc) is 2.80. The summed E-state index contributed by atoms with van der Waals surface area (Å²) in [6, 6.07) is 21.7. The molecule has 0 aliphatic rings. The fourth-order valence-corrected chi connectivity index (χ4v) is 4.32. The second-order valence-electron chi connectivity index (χ2n) is 7.33. The number of nitrogens with one attached hydrogen (secondary N) is 2. The smallest absolute Gasteiger partial charge is 0.251 e. The number of hydrogen-bond acceptors (Lipinski definition) is 4. The minimum Gasteiger partial charge on any atom is -0.352 e. The highest BCUT2D eigenvalue weighted by Crippen LogP contribution is 2.19. The van der Waals surface area contributed by atoms with Gasteiger partial charge in [0.05, 0.1) is 4.90 Å². The molecule has 9 heteroatoms. The Bertz CT molecular complexity index is 1200. The number of benzene rings is 3. The molecule has 3 rings (SSSR count).